The summed E-state index contributed by atoms with van der Waals surface area (Å²) in [6.45, 7) is 2.22. The summed E-state index contributed by atoms with van der Waals surface area (Å²) >= 11 is 3.54. The number of carbonyl (C=O) groups excluding carboxylic acids is 3. The Balaban J connectivity index is 1.60. The minimum absolute atomic E-state index is 0.146. The second-order valence-corrected chi connectivity index (χ2v) is 9.37. The molecule has 1 heterocycles. The topological polar surface area (TPSA) is 75.7 Å². The molecule has 4 aromatic carbocycles. The number of nitrogens with one attached hydrogen (secondary N) is 1. The molecular formula is C30H23BrN2O4. The minimum atomic E-state index is -0.767. The number of benzene rings is 4. The average Bonchev–Trinajstić information content (AvgIpc) is 2.91. The van der Waals surface area contributed by atoms with E-state index in [0.717, 1.165) is 31.3 Å². The van der Waals surface area contributed by atoms with E-state index in [-0.39, 0.29) is 12.2 Å². The number of carbonyl (C=O) groups is 3. The number of halogens is 1. The van der Waals surface area contributed by atoms with Crippen LogP contribution in [0.15, 0.2) is 95.0 Å². The van der Waals surface area contributed by atoms with Gasteiger partial charge in [-0.2, -0.15) is 0 Å². The Morgan fingerprint density at radius 1 is 0.865 bits per heavy atom. The number of rotatable bonds is 6. The zero-order valence-corrected chi connectivity index (χ0v) is 21.6. The van der Waals surface area contributed by atoms with Crippen molar-refractivity contribution in [3.8, 4) is 5.75 Å². The molecule has 0 saturated carbocycles. The van der Waals surface area contributed by atoms with E-state index in [1.807, 2.05) is 79.7 Å². The zero-order valence-electron chi connectivity index (χ0n) is 20.0. The van der Waals surface area contributed by atoms with Crippen LogP contribution in [0.3, 0.4) is 0 Å². The lowest BCUT2D eigenvalue weighted by molar-refractivity contribution is -0.122. The molecule has 184 valence electrons. The van der Waals surface area contributed by atoms with E-state index in [0.29, 0.717) is 23.4 Å². The molecule has 0 spiro atoms. The van der Waals surface area contributed by atoms with Crippen LogP contribution in [-0.4, -0.2) is 17.8 Å². The summed E-state index contributed by atoms with van der Waals surface area (Å²) in [5, 5.41) is 4.07. The highest BCUT2D eigenvalue weighted by molar-refractivity contribution is 9.10. The molecular weight excluding hydrogens is 532 g/mol. The normalized spacial score (nSPS) is 14.8. The van der Waals surface area contributed by atoms with Crippen LogP contribution in [0.1, 0.15) is 23.6 Å². The zero-order chi connectivity index (χ0) is 25.9. The van der Waals surface area contributed by atoms with E-state index in [2.05, 4.69) is 21.2 Å². The first-order valence-corrected chi connectivity index (χ1v) is 12.6. The molecule has 7 heteroatoms. The molecule has 1 aliphatic rings. The first kappa shape index (κ1) is 24.5. The van der Waals surface area contributed by atoms with Crippen molar-refractivity contribution < 1.29 is 19.1 Å². The van der Waals surface area contributed by atoms with Gasteiger partial charge in [0.1, 0.15) is 17.9 Å². The maximum Gasteiger partial charge on any atom is 0.335 e. The van der Waals surface area contributed by atoms with Gasteiger partial charge in [0.15, 0.2) is 0 Å². The maximum absolute atomic E-state index is 13.6. The van der Waals surface area contributed by atoms with Crippen molar-refractivity contribution in [1.29, 1.82) is 0 Å². The van der Waals surface area contributed by atoms with Crippen LogP contribution in [0.25, 0.3) is 16.8 Å². The predicted molar refractivity (Wildman–Crippen MR) is 147 cm³/mol. The van der Waals surface area contributed by atoms with Crippen molar-refractivity contribution in [1.82, 2.24) is 5.32 Å². The fraction of sp³-hybridized carbons (Fsp3) is 0.100. The Morgan fingerprint density at radius 3 is 2.35 bits per heavy atom. The largest absolute Gasteiger partial charge is 0.488 e. The summed E-state index contributed by atoms with van der Waals surface area (Å²) in [6.07, 6.45) is 2.14. The van der Waals surface area contributed by atoms with Crippen molar-refractivity contribution in [2.75, 3.05) is 4.90 Å². The number of barbiturate groups is 1. The van der Waals surface area contributed by atoms with Crippen LogP contribution in [0, 0.1) is 0 Å². The van der Waals surface area contributed by atoms with E-state index in [9.17, 15) is 14.4 Å². The Hall–Kier alpha value is -4.23. The van der Waals surface area contributed by atoms with Crippen molar-refractivity contribution in [3.05, 3.63) is 112 Å². The van der Waals surface area contributed by atoms with Gasteiger partial charge < -0.3 is 4.74 Å². The summed E-state index contributed by atoms with van der Waals surface area (Å²) in [4.78, 5) is 40.3. The molecule has 0 unspecified atom stereocenters. The highest BCUT2D eigenvalue weighted by Gasteiger charge is 2.37. The monoisotopic (exact) mass is 554 g/mol. The molecule has 4 aromatic rings. The lowest BCUT2D eigenvalue weighted by atomic mass is 9.99. The molecule has 0 aliphatic carbocycles. The molecule has 1 fully saturated rings. The summed E-state index contributed by atoms with van der Waals surface area (Å²) in [6, 6.07) is 25.6. The number of para-hydroxylation sites is 1. The number of ether oxygens (including phenoxy) is 1. The van der Waals surface area contributed by atoms with E-state index in [1.54, 1.807) is 12.1 Å². The molecule has 0 bridgehead atoms. The Labute approximate surface area is 222 Å². The molecule has 1 N–H and O–H groups in total. The number of fused-ring (bicyclic) bond motifs is 1. The molecule has 1 aliphatic heterocycles. The Bertz CT molecular complexity index is 1580. The molecule has 6 nitrogen and oxygen atoms in total. The molecule has 5 rings (SSSR count). The Kier molecular flexibility index (Phi) is 6.88. The number of imide groups is 2. The third-order valence-electron chi connectivity index (χ3n) is 6.28. The molecule has 0 radical (unpaired) electrons. The fourth-order valence-corrected chi connectivity index (χ4v) is 4.77. The quantitative estimate of drug-likeness (QED) is 0.220. The van der Waals surface area contributed by atoms with Gasteiger partial charge in [0.25, 0.3) is 11.8 Å². The van der Waals surface area contributed by atoms with Crippen molar-refractivity contribution in [2.45, 2.75) is 20.0 Å². The van der Waals surface area contributed by atoms with Gasteiger partial charge in [0.05, 0.1) is 5.69 Å². The number of urea groups is 1. The van der Waals surface area contributed by atoms with Gasteiger partial charge in [-0.25, -0.2) is 9.69 Å². The van der Waals surface area contributed by atoms with Gasteiger partial charge in [-0.15, -0.1) is 0 Å². The van der Waals surface area contributed by atoms with E-state index in [1.165, 1.54) is 6.08 Å². The standard InChI is InChI=1S/C30H23BrN2O4/c1-2-19-9-5-8-14-26(19)33-29(35)24(28(34)32-30(33)36)17-23-22-12-6-3-10-20(22)15-16-27(23)37-18-21-11-4-7-13-25(21)31/h3-17H,2,18H2,1H3,(H,32,34,36)/b24-17-. The van der Waals surface area contributed by atoms with Gasteiger partial charge in [0.2, 0.25) is 0 Å². The van der Waals surface area contributed by atoms with Gasteiger partial charge >= 0.3 is 6.03 Å². The number of anilines is 1. The minimum Gasteiger partial charge on any atom is -0.488 e. The average molecular weight is 555 g/mol. The first-order chi connectivity index (χ1) is 18.0. The molecule has 0 atom stereocenters. The summed E-state index contributed by atoms with van der Waals surface area (Å²) in [5.74, 6) is -0.913. The van der Waals surface area contributed by atoms with E-state index in [4.69, 9.17) is 4.74 Å². The third-order valence-corrected chi connectivity index (χ3v) is 7.05. The van der Waals surface area contributed by atoms with Crippen LogP contribution in [-0.2, 0) is 22.6 Å². The van der Waals surface area contributed by atoms with Crippen LogP contribution in [0.4, 0.5) is 10.5 Å². The van der Waals surface area contributed by atoms with Crippen LogP contribution in [0.5, 0.6) is 5.75 Å². The molecule has 37 heavy (non-hydrogen) atoms. The summed E-state index contributed by atoms with van der Waals surface area (Å²) < 4.78 is 7.11. The summed E-state index contributed by atoms with van der Waals surface area (Å²) in [7, 11) is 0. The van der Waals surface area contributed by atoms with Gasteiger partial charge in [-0.05, 0) is 47.0 Å². The number of amides is 4. The second-order valence-electron chi connectivity index (χ2n) is 8.52. The maximum atomic E-state index is 13.6. The van der Waals surface area contributed by atoms with Crippen molar-refractivity contribution in [3.63, 3.8) is 0 Å². The highest BCUT2D eigenvalue weighted by atomic mass is 79.9. The third kappa shape index (κ3) is 4.78. The van der Waals surface area contributed by atoms with Crippen molar-refractivity contribution >= 4 is 56.3 Å². The number of hydrogen-bond acceptors (Lipinski definition) is 4. The summed E-state index contributed by atoms with van der Waals surface area (Å²) in [5.41, 5.74) is 2.67. The predicted octanol–water partition coefficient (Wildman–Crippen LogP) is 6.41. The van der Waals surface area contributed by atoms with Crippen molar-refractivity contribution in [2.24, 2.45) is 0 Å². The Morgan fingerprint density at radius 2 is 1.57 bits per heavy atom. The smallest absolute Gasteiger partial charge is 0.335 e. The molecule has 0 aromatic heterocycles. The van der Waals surface area contributed by atoms with Gasteiger partial charge in [-0.1, -0.05) is 89.6 Å². The van der Waals surface area contributed by atoms with Gasteiger partial charge in [0, 0.05) is 15.6 Å². The van der Waals surface area contributed by atoms with Crippen LogP contribution in [0.2, 0.25) is 0 Å². The van der Waals surface area contributed by atoms with E-state index < -0.39 is 17.8 Å². The molecule has 4 amide bonds. The highest BCUT2D eigenvalue weighted by Crippen LogP contribution is 2.33. The van der Waals surface area contributed by atoms with Crippen LogP contribution >= 0.6 is 15.9 Å². The lowest BCUT2D eigenvalue weighted by Gasteiger charge is -2.28. The second kappa shape index (κ2) is 10.4. The SMILES string of the molecule is CCc1ccccc1N1C(=O)NC(=O)/C(=C/c2c(OCc3ccccc3Br)ccc3ccccc23)C1=O. The van der Waals surface area contributed by atoms with Crippen LogP contribution < -0.4 is 15.0 Å². The lowest BCUT2D eigenvalue weighted by Crippen LogP contribution is -2.54. The number of aryl methyl sites for hydroxylation is 1. The fourth-order valence-electron chi connectivity index (χ4n) is 4.37. The number of hydrogen-bond donors (Lipinski definition) is 1. The van der Waals surface area contributed by atoms with Gasteiger partial charge in [-0.3, -0.25) is 14.9 Å². The van der Waals surface area contributed by atoms with E-state index >= 15 is 0 Å². The first-order valence-electron chi connectivity index (χ1n) is 11.8. The molecule has 1 saturated heterocycles. The number of nitrogens with zero attached hydrogens (tertiary/aromatic N) is 1.